The van der Waals surface area contributed by atoms with Crippen LogP contribution in [-0.4, -0.2) is 30.0 Å². The van der Waals surface area contributed by atoms with Gasteiger partial charge in [-0.15, -0.1) is 0 Å². The number of nitrogens with zero attached hydrogens (tertiary/aromatic N) is 1. The van der Waals surface area contributed by atoms with Crippen LogP contribution in [0.15, 0.2) is 60.7 Å². The van der Waals surface area contributed by atoms with Gasteiger partial charge in [0, 0.05) is 13.1 Å². The number of rotatable bonds is 6. The van der Waals surface area contributed by atoms with Gasteiger partial charge in [0.05, 0.1) is 0 Å². The smallest absolute Gasteiger partial charge is 0.263 e. The number of benzene rings is 2. The highest BCUT2D eigenvalue weighted by atomic mass is 16.5. The number of hydrogen-bond donors (Lipinski definition) is 0. The Labute approximate surface area is 150 Å². The first kappa shape index (κ1) is 17.5. The van der Waals surface area contributed by atoms with E-state index in [0.717, 1.165) is 38.1 Å². The highest BCUT2D eigenvalue weighted by Gasteiger charge is 2.28. The van der Waals surface area contributed by atoms with E-state index in [-0.39, 0.29) is 12.0 Å². The molecule has 0 radical (unpaired) electrons. The number of hydrogen-bond acceptors (Lipinski definition) is 2. The topological polar surface area (TPSA) is 29.5 Å². The van der Waals surface area contributed by atoms with Crippen LogP contribution in [0.4, 0.5) is 0 Å². The van der Waals surface area contributed by atoms with Gasteiger partial charge in [0.25, 0.3) is 5.91 Å². The summed E-state index contributed by atoms with van der Waals surface area (Å²) in [6, 6.07) is 20.3. The molecule has 1 saturated heterocycles. The SMILES string of the molecule is CC[C@H](Oc1ccccc1)C(=O)N1CCC(Cc2ccccc2)CC1. The van der Waals surface area contributed by atoms with Crippen molar-refractivity contribution in [3.63, 3.8) is 0 Å². The minimum Gasteiger partial charge on any atom is -0.481 e. The van der Waals surface area contributed by atoms with Gasteiger partial charge in [-0.05, 0) is 49.3 Å². The highest BCUT2D eigenvalue weighted by Crippen LogP contribution is 2.23. The second-order valence-electron chi connectivity index (χ2n) is 6.79. The first-order valence-corrected chi connectivity index (χ1v) is 9.30. The van der Waals surface area contributed by atoms with Gasteiger partial charge in [-0.2, -0.15) is 0 Å². The Balaban J connectivity index is 1.51. The number of piperidine rings is 1. The van der Waals surface area contributed by atoms with Crippen LogP contribution in [0.2, 0.25) is 0 Å². The summed E-state index contributed by atoms with van der Waals surface area (Å²) in [5.74, 6) is 1.56. The molecule has 3 heteroatoms. The van der Waals surface area contributed by atoms with Gasteiger partial charge in [0.15, 0.2) is 6.10 Å². The van der Waals surface area contributed by atoms with Gasteiger partial charge in [0.2, 0.25) is 0 Å². The maximum atomic E-state index is 12.8. The summed E-state index contributed by atoms with van der Waals surface area (Å²) in [6.45, 7) is 3.68. The molecule has 0 spiro atoms. The Hall–Kier alpha value is -2.29. The Kier molecular flexibility index (Phi) is 6.10. The van der Waals surface area contributed by atoms with Crippen molar-refractivity contribution in [1.82, 2.24) is 4.90 Å². The Morgan fingerprint density at radius 3 is 2.24 bits per heavy atom. The van der Waals surface area contributed by atoms with E-state index in [1.165, 1.54) is 5.56 Å². The Morgan fingerprint density at radius 1 is 1.04 bits per heavy atom. The van der Waals surface area contributed by atoms with Crippen molar-refractivity contribution in [2.45, 2.75) is 38.7 Å². The zero-order valence-electron chi connectivity index (χ0n) is 14.9. The minimum absolute atomic E-state index is 0.129. The molecule has 0 bridgehead atoms. The molecule has 3 rings (SSSR count). The van der Waals surface area contributed by atoms with E-state index < -0.39 is 0 Å². The van der Waals surface area contributed by atoms with Crippen LogP contribution in [0.25, 0.3) is 0 Å². The third kappa shape index (κ3) is 4.85. The van der Waals surface area contributed by atoms with Crippen molar-refractivity contribution in [2.75, 3.05) is 13.1 Å². The quantitative estimate of drug-likeness (QED) is 0.785. The first-order chi connectivity index (χ1) is 12.3. The standard InChI is InChI=1S/C22H27NO2/c1-2-21(25-20-11-7-4-8-12-20)22(24)23-15-13-19(14-16-23)17-18-9-5-3-6-10-18/h3-12,19,21H,2,13-17H2,1H3/t21-/m0/s1. The number of carbonyl (C=O) groups is 1. The van der Waals surface area contributed by atoms with Crippen LogP contribution in [-0.2, 0) is 11.2 Å². The fraction of sp³-hybridized carbons (Fsp3) is 0.409. The van der Waals surface area contributed by atoms with Crippen LogP contribution >= 0.6 is 0 Å². The molecule has 1 fully saturated rings. The summed E-state index contributed by atoms with van der Waals surface area (Å²) < 4.78 is 5.91. The van der Waals surface area contributed by atoms with Crippen LogP contribution < -0.4 is 4.74 Å². The van der Waals surface area contributed by atoms with Crippen molar-refractivity contribution in [1.29, 1.82) is 0 Å². The van der Waals surface area contributed by atoms with Crippen LogP contribution in [0.1, 0.15) is 31.7 Å². The van der Waals surface area contributed by atoms with E-state index in [4.69, 9.17) is 4.74 Å². The molecule has 1 aliphatic heterocycles. The van der Waals surface area contributed by atoms with Gasteiger partial charge in [-0.25, -0.2) is 0 Å². The molecule has 0 unspecified atom stereocenters. The lowest BCUT2D eigenvalue weighted by molar-refractivity contribution is -0.140. The fourth-order valence-corrected chi connectivity index (χ4v) is 3.48. The second kappa shape index (κ2) is 8.70. The normalized spacial score (nSPS) is 16.4. The summed E-state index contributed by atoms with van der Waals surface area (Å²) >= 11 is 0. The van der Waals surface area contributed by atoms with Crippen molar-refractivity contribution < 1.29 is 9.53 Å². The maximum Gasteiger partial charge on any atom is 0.263 e. The largest absolute Gasteiger partial charge is 0.481 e. The Morgan fingerprint density at radius 2 is 1.64 bits per heavy atom. The third-order valence-electron chi connectivity index (χ3n) is 4.96. The van der Waals surface area contributed by atoms with Gasteiger partial charge in [0.1, 0.15) is 5.75 Å². The first-order valence-electron chi connectivity index (χ1n) is 9.30. The van der Waals surface area contributed by atoms with Crippen LogP contribution in [0, 0.1) is 5.92 Å². The second-order valence-corrected chi connectivity index (χ2v) is 6.79. The minimum atomic E-state index is -0.381. The average molecular weight is 337 g/mol. The highest BCUT2D eigenvalue weighted by molar-refractivity contribution is 5.81. The summed E-state index contributed by atoms with van der Waals surface area (Å²) in [6.07, 6.45) is 3.57. The van der Waals surface area contributed by atoms with Gasteiger partial charge < -0.3 is 9.64 Å². The van der Waals surface area contributed by atoms with E-state index in [1.807, 2.05) is 42.2 Å². The average Bonchev–Trinajstić information content (AvgIpc) is 2.68. The lowest BCUT2D eigenvalue weighted by atomic mass is 9.90. The number of ether oxygens (including phenoxy) is 1. The molecular weight excluding hydrogens is 310 g/mol. The van der Waals surface area contributed by atoms with Gasteiger partial charge >= 0.3 is 0 Å². The lowest BCUT2D eigenvalue weighted by Crippen LogP contribution is -2.45. The number of likely N-dealkylation sites (tertiary alicyclic amines) is 1. The molecule has 0 N–H and O–H groups in total. The van der Waals surface area contributed by atoms with Crippen molar-refractivity contribution in [3.05, 3.63) is 66.2 Å². The molecule has 2 aromatic rings. The third-order valence-corrected chi connectivity index (χ3v) is 4.96. The molecule has 1 atom stereocenters. The molecule has 0 aromatic heterocycles. The van der Waals surface area contributed by atoms with Crippen molar-refractivity contribution in [3.8, 4) is 5.75 Å². The molecule has 1 aliphatic rings. The molecule has 132 valence electrons. The van der Waals surface area contributed by atoms with E-state index in [2.05, 4.69) is 30.3 Å². The summed E-state index contributed by atoms with van der Waals surface area (Å²) in [5, 5.41) is 0. The van der Waals surface area contributed by atoms with E-state index in [0.29, 0.717) is 12.3 Å². The van der Waals surface area contributed by atoms with Crippen LogP contribution in [0.3, 0.4) is 0 Å². The molecular formula is C22H27NO2. The monoisotopic (exact) mass is 337 g/mol. The number of amides is 1. The van der Waals surface area contributed by atoms with Crippen molar-refractivity contribution in [2.24, 2.45) is 5.92 Å². The summed E-state index contributed by atoms with van der Waals surface area (Å²) in [4.78, 5) is 14.8. The lowest BCUT2D eigenvalue weighted by Gasteiger charge is -2.34. The molecule has 1 heterocycles. The predicted molar refractivity (Wildman–Crippen MR) is 101 cm³/mol. The molecule has 0 saturated carbocycles. The molecule has 25 heavy (non-hydrogen) atoms. The van der Waals surface area contributed by atoms with Gasteiger partial charge in [-0.1, -0.05) is 55.5 Å². The Bertz CT molecular complexity index is 648. The van der Waals surface area contributed by atoms with E-state index in [1.54, 1.807) is 0 Å². The van der Waals surface area contributed by atoms with E-state index >= 15 is 0 Å². The zero-order chi connectivity index (χ0) is 17.5. The number of para-hydroxylation sites is 1. The molecule has 1 amide bonds. The summed E-state index contributed by atoms with van der Waals surface area (Å²) in [5.41, 5.74) is 1.39. The number of carbonyl (C=O) groups excluding carboxylic acids is 1. The van der Waals surface area contributed by atoms with Crippen LogP contribution in [0.5, 0.6) is 5.75 Å². The molecule has 2 aromatic carbocycles. The van der Waals surface area contributed by atoms with Crippen molar-refractivity contribution >= 4 is 5.91 Å². The summed E-state index contributed by atoms with van der Waals surface area (Å²) in [7, 11) is 0. The van der Waals surface area contributed by atoms with E-state index in [9.17, 15) is 4.79 Å². The molecule has 0 aliphatic carbocycles. The van der Waals surface area contributed by atoms with Gasteiger partial charge in [-0.3, -0.25) is 4.79 Å². The molecule has 3 nitrogen and oxygen atoms in total. The zero-order valence-corrected chi connectivity index (χ0v) is 14.9. The maximum absolute atomic E-state index is 12.8. The predicted octanol–water partition coefficient (Wildman–Crippen LogP) is 4.33. The fourth-order valence-electron chi connectivity index (χ4n) is 3.48.